The van der Waals surface area contributed by atoms with Crippen molar-refractivity contribution < 1.29 is 0 Å². The maximum Gasteiger partial charge on any atom is 0.116 e. The van der Waals surface area contributed by atoms with E-state index in [2.05, 4.69) is 20.9 Å². The summed E-state index contributed by atoms with van der Waals surface area (Å²) in [6.07, 6.45) is 1.88. The summed E-state index contributed by atoms with van der Waals surface area (Å²) >= 11 is 3.43. The minimum absolute atomic E-state index is 0.785. The number of halogens is 1. The normalized spacial score (nSPS) is 10.6. The second kappa shape index (κ2) is 2.41. The van der Waals surface area contributed by atoms with E-state index >= 15 is 0 Å². The maximum absolute atomic E-state index is 5.72. The van der Waals surface area contributed by atoms with E-state index in [1.54, 1.807) is 0 Å². The van der Waals surface area contributed by atoms with Gasteiger partial charge in [0, 0.05) is 21.6 Å². The number of hydrogen-bond donors (Lipinski definition) is 1. The number of H-pyrrole nitrogens is 1. The molecule has 11 heavy (non-hydrogen) atoms. The molecule has 52 valence electrons. The molecule has 1 aromatic heterocycles. The average Bonchev–Trinajstić information content (AvgIpc) is 2.45. The van der Waals surface area contributed by atoms with Gasteiger partial charge in [-0.1, -0.05) is 27.5 Å². The van der Waals surface area contributed by atoms with Gasteiger partial charge in [-0.25, -0.2) is 0 Å². The van der Waals surface area contributed by atoms with E-state index in [9.17, 15) is 0 Å². The summed E-state index contributed by atoms with van der Waals surface area (Å²) < 4.78 is 1.07. The van der Waals surface area contributed by atoms with Crippen LogP contribution >= 0.6 is 15.9 Å². The van der Waals surface area contributed by atoms with Crippen LogP contribution in [0.15, 0.2) is 28.9 Å². The highest BCUT2D eigenvalue weighted by molar-refractivity contribution is 9.10. The van der Waals surface area contributed by atoms with Crippen LogP contribution in [-0.4, -0.2) is 12.8 Å². The largest absolute Gasteiger partial charge is 0.362 e. The van der Waals surface area contributed by atoms with E-state index in [0.717, 1.165) is 20.8 Å². The van der Waals surface area contributed by atoms with Crippen molar-refractivity contribution in [3.05, 3.63) is 28.9 Å². The number of fused-ring (bicyclic) bond motifs is 1. The van der Waals surface area contributed by atoms with Gasteiger partial charge in [0.15, 0.2) is 0 Å². The van der Waals surface area contributed by atoms with Crippen molar-refractivity contribution >= 4 is 40.1 Å². The van der Waals surface area contributed by atoms with Crippen molar-refractivity contribution in [3.63, 3.8) is 0 Å². The molecule has 1 nitrogen and oxygen atoms in total. The number of rotatable bonds is 0. The molecular weight excluding hydrogens is 201 g/mol. The van der Waals surface area contributed by atoms with Crippen LogP contribution < -0.4 is 5.46 Å². The third-order valence-electron chi connectivity index (χ3n) is 1.70. The molecule has 0 spiro atoms. The van der Waals surface area contributed by atoms with Crippen molar-refractivity contribution in [2.45, 2.75) is 0 Å². The minimum Gasteiger partial charge on any atom is -0.362 e. The van der Waals surface area contributed by atoms with Crippen molar-refractivity contribution in [2.75, 3.05) is 0 Å². The zero-order chi connectivity index (χ0) is 7.84. The quantitative estimate of drug-likeness (QED) is 0.631. The predicted octanol–water partition coefficient (Wildman–Crippen LogP) is 1.72. The van der Waals surface area contributed by atoms with Gasteiger partial charge in [-0.05, 0) is 12.1 Å². The zero-order valence-corrected chi connectivity index (χ0v) is 7.35. The van der Waals surface area contributed by atoms with Gasteiger partial charge in [-0.2, -0.15) is 0 Å². The summed E-state index contributed by atoms with van der Waals surface area (Å²) in [6, 6.07) is 5.82. The first-order valence-electron chi connectivity index (χ1n) is 3.30. The molecule has 2 rings (SSSR count). The fourth-order valence-corrected chi connectivity index (χ4v) is 1.61. The van der Waals surface area contributed by atoms with Crippen molar-refractivity contribution in [1.82, 2.24) is 4.98 Å². The maximum atomic E-state index is 5.72. The molecule has 0 unspecified atom stereocenters. The standard InChI is InChI=1S/C8H5BBrN/c9-6-1-2-7(10)5-3-4-11-8(5)6/h1-4,11H. The SMILES string of the molecule is [B]c1ccc(Br)c2cc[nH]c12. The molecule has 0 saturated carbocycles. The van der Waals surface area contributed by atoms with Crippen LogP contribution in [-0.2, 0) is 0 Å². The van der Waals surface area contributed by atoms with Crippen LogP contribution in [0.2, 0.25) is 0 Å². The van der Waals surface area contributed by atoms with E-state index in [0.29, 0.717) is 0 Å². The Morgan fingerprint density at radius 3 is 2.82 bits per heavy atom. The second-order valence-corrected chi connectivity index (χ2v) is 3.26. The Hall–Kier alpha value is -0.695. The molecule has 0 aliphatic carbocycles. The van der Waals surface area contributed by atoms with Crippen LogP contribution in [0.25, 0.3) is 10.9 Å². The van der Waals surface area contributed by atoms with Gasteiger partial charge in [0.05, 0.1) is 0 Å². The fraction of sp³-hybridized carbons (Fsp3) is 0. The van der Waals surface area contributed by atoms with Crippen LogP contribution in [0.1, 0.15) is 0 Å². The van der Waals surface area contributed by atoms with Crippen LogP contribution in [0.4, 0.5) is 0 Å². The zero-order valence-electron chi connectivity index (χ0n) is 5.76. The van der Waals surface area contributed by atoms with E-state index in [4.69, 9.17) is 7.85 Å². The third kappa shape index (κ3) is 0.998. The lowest BCUT2D eigenvalue weighted by Gasteiger charge is -1.97. The molecule has 1 aromatic carbocycles. The summed E-state index contributed by atoms with van der Waals surface area (Å²) in [7, 11) is 5.72. The minimum atomic E-state index is 0.785. The Morgan fingerprint density at radius 1 is 1.27 bits per heavy atom. The fourth-order valence-electron chi connectivity index (χ4n) is 1.14. The van der Waals surface area contributed by atoms with E-state index < -0.39 is 0 Å². The molecule has 0 saturated heterocycles. The molecule has 0 aliphatic heterocycles. The highest BCUT2D eigenvalue weighted by atomic mass is 79.9. The molecule has 0 amide bonds. The Bertz CT molecular complexity index is 358. The highest BCUT2D eigenvalue weighted by Gasteiger charge is 1.99. The topological polar surface area (TPSA) is 15.8 Å². The van der Waals surface area contributed by atoms with E-state index in [-0.39, 0.29) is 0 Å². The Labute approximate surface area is 74.3 Å². The van der Waals surface area contributed by atoms with Gasteiger partial charge in [0.2, 0.25) is 0 Å². The summed E-state index contributed by atoms with van der Waals surface area (Å²) in [5.41, 5.74) is 1.78. The summed E-state index contributed by atoms with van der Waals surface area (Å²) in [6.45, 7) is 0. The lowest BCUT2D eigenvalue weighted by atomic mass is 9.94. The number of hydrogen-bond acceptors (Lipinski definition) is 0. The molecule has 0 fully saturated rings. The van der Waals surface area contributed by atoms with E-state index in [1.165, 1.54) is 0 Å². The summed E-state index contributed by atoms with van der Waals surface area (Å²) in [5.74, 6) is 0. The first kappa shape index (κ1) is 6.98. The second-order valence-electron chi connectivity index (χ2n) is 2.40. The third-order valence-corrected chi connectivity index (χ3v) is 2.39. The van der Waals surface area contributed by atoms with Gasteiger partial charge in [0.1, 0.15) is 7.85 Å². The molecule has 1 N–H and O–H groups in total. The first-order valence-corrected chi connectivity index (χ1v) is 4.09. The van der Waals surface area contributed by atoms with Gasteiger partial charge >= 0.3 is 0 Å². The van der Waals surface area contributed by atoms with Gasteiger partial charge < -0.3 is 4.98 Å². The van der Waals surface area contributed by atoms with Crippen LogP contribution in [0, 0.1) is 0 Å². The smallest absolute Gasteiger partial charge is 0.116 e. The van der Waals surface area contributed by atoms with Gasteiger partial charge in [-0.15, -0.1) is 0 Å². The Kier molecular flexibility index (Phi) is 1.53. The lowest BCUT2D eigenvalue weighted by molar-refractivity contribution is 1.49. The van der Waals surface area contributed by atoms with Gasteiger partial charge in [-0.3, -0.25) is 0 Å². The first-order chi connectivity index (χ1) is 5.29. The lowest BCUT2D eigenvalue weighted by Crippen LogP contribution is -2.02. The van der Waals surface area contributed by atoms with Crippen LogP contribution in [0.3, 0.4) is 0 Å². The molecule has 0 aliphatic rings. The summed E-state index contributed by atoms with van der Waals surface area (Å²) in [4.78, 5) is 3.07. The number of aromatic amines is 1. The molecule has 0 atom stereocenters. The average molecular weight is 206 g/mol. The Balaban J connectivity index is 2.96. The monoisotopic (exact) mass is 205 g/mol. The molecule has 2 aromatic rings. The summed E-state index contributed by atoms with van der Waals surface area (Å²) in [5, 5.41) is 1.13. The molecular formula is C8H5BBrN. The Morgan fingerprint density at radius 2 is 2.09 bits per heavy atom. The van der Waals surface area contributed by atoms with Crippen molar-refractivity contribution in [1.29, 1.82) is 0 Å². The molecule has 2 radical (unpaired) electrons. The van der Waals surface area contributed by atoms with Crippen LogP contribution in [0.5, 0.6) is 0 Å². The molecule has 1 heterocycles. The molecule has 0 bridgehead atoms. The van der Waals surface area contributed by atoms with Crippen molar-refractivity contribution in [2.24, 2.45) is 0 Å². The molecule has 3 heteroatoms. The number of nitrogens with one attached hydrogen (secondary N) is 1. The number of aromatic nitrogens is 1. The highest BCUT2D eigenvalue weighted by Crippen LogP contribution is 2.20. The van der Waals surface area contributed by atoms with Gasteiger partial charge in [0.25, 0.3) is 0 Å². The predicted molar refractivity (Wildman–Crippen MR) is 51.4 cm³/mol. The number of benzene rings is 1. The van der Waals surface area contributed by atoms with Crippen molar-refractivity contribution in [3.8, 4) is 0 Å². The van der Waals surface area contributed by atoms with E-state index in [1.807, 2.05) is 24.4 Å².